The molecule has 10 heteroatoms. The molecule has 2 amide bonds. The zero-order chi connectivity index (χ0) is 22.4. The maximum atomic E-state index is 12.2. The first kappa shape index (κ1) is 22.7. The molecule has 31 heavy (non-hydrogen) atoms. The predicted octanol–water partition coefficient (Wildman–Crippen LogP) is 4.37. The molecule has 0 fully saturated rings. The fraction of sp³-hybridized carbons (Fsp3) is 0.143. The number of carbonyl (C=O) groups is 3. The molecule has 0 aliphatic heterocycles. The minimum Gasteiger partial charge on any atom is -0.451 e. The normalized spacial score (nSPS) is 10.4. The van der Waals surface area contributed by atoms with Gasteiger partial charge in [0.05, 0.1) is 17.3 Å². The third-order valence-electron chi connectivity index (χ3n) is 4.09. The van der Waals surface area contributed by atoms with Crippen LogP contribution >= 0.6 is 34.5 Å². The van der Waals surface area contributed by atoms with Crippen molar-refractivity contribution in [3.05, 3.63) is 69.7 Å². The van der Waals surface area contributed by atoms with E-state index in [1.165, 1.54) is 18.4 Å². The number of benzene rings is 2. The number of halogens is 2. The standard InChI is InChI=1S/C21H17Cl2N3O4S/c1-26(10-18(27)24-16-5-3-2-4-15(16)23)19(28)11-30-21(29)17-12-31-20(25-17)13-6-8-14(22)9-7-13/h2-9,12H,10-11H2,1H3,(H,24,27). The fourth-order valence-electron chi connectivity index (χ4n) is 2.46. The summed E-state index contributed by atoms with van der Waals surface area (Å²) in [6.45, 7) is -0.735. The van der Waals surface area contributed by atoms with Crippen molar-refractivity contribution in [2.24, 2.45) is 0 Å². The maximum Gasteiger partial charge on any atom is 0.358 e. The van der Waals surface area contributed by atoms with Gasteiger partial charge in [-0.3, -0.25) is 9.59 Å². The topological polar surface area (TPSA) is 88.6 Å². The SMILES string of the molecule is CN(CC(=O)Nc1ccccc1Cl)C(=O)COC(=O)c1csc(-c2ccc(Cl)cc2)n1. The number of thiazole rings is 1. The number of hydrogen-bond acceptors (Lipinski definition) is 6. The number of esters is 1. The molecule has 0 spiro atoms. The highest BCUT2D eigenvalue weighted by molar-refractivity contribution is 7.13. The van der Waals surface area contributed by atoms with Crippen molar-refractivity contribution in [2.45, 2.75) is 0 Å². The Balaban J connectivity index is 1.49. The van der Waals surface area contributed by atoms with Crippen molar-refractivity contribution in [2.75, 3.05) is 25.5 Å². The van der Waals surface area contributed by atoms with Gasteiger partial charge in [-0.2, -0.15) is 0 Å². The maximum absolute atomic E-state index is 12.2. The highest BCUT2D eigenvalue weighted by Crippen LogP contribution is 2.25. The molecule has 0 aliphatic carbocycles. The number of para-hydroxylation sites is 1. The van der Waals surface area contributed by atoms with E-state index in [1.54, 1.807) is 53.9 Å². The van der Waals surface area contributed by atoms with Crippen molar-refractivity contribution < 1.29 is 19.1 Å². The molecule has 0 atom stereocenters. The molecule has 0 saturated heterocycles. The lowest BCUT2D eigenvalue weighted by Crippen LogP contribution is -2.37. The van der Waals surface area contributed by atoms with Crippen LogP contribution in [0.1, 0.15) is 10.5 Å². The summed E-state index contributed by atoms with van der Waals surface area (Å²) in [6, 6.07) is 13.8. The molecule has 0 aliphatic rings. The third kappa shape index (κ3) is 6.27. The van der Waals surface area contributed by atoms with E-state index < -0.39 is 24.4 Å². The van der Waals surface area contributed by atoms with E-state index in [1.807, 2.05) is 0 Å². The predicted molar refractivity (Wildman–Crippen MR) is 121 cm³/mol. The highest BCUT2D eigenvalue weighted by Gasteiger charge is 2.18. The minimum absolute atomic E-state index is 0.0989. The smallest absolute Gasteiger partial charge is 0.358 e. The number of aromatic nitrogens is 1. The Bertz CT molecular complexity index is 1100. The number of carbonyl (C=O) groups excluding carboxylic acids is 3. The van der Waals surface area contributed by atoms with Gasteiger partial charge in [0.2, 0.25) is 5.91 Å². The van der Waals surface area contributed by atoms with Crippen LogP contribution in [0.2, 0.25) is 10.0 Å². The molecule has 160 valence electrons. The van der Waals surface area contributed by atoms with Gasteiger partial charge >= 0.3 is 5.97 Å². The lowest BCUT2D eigenvalue weighted by molar-refractivity contribution is -0.136. The van der Waals surface area contributed by atoms with Gasteiger partial charge in [-0.25, -0.2) is 9.78 Å². The van der Waals surface area contributed by atoms with E-state index in [0.29, 0.717) is 20.7 Å². The van der Waals surface area contributed by atoms with Gasteiger partial charge in [0, 0.05) is 23.0 Å². The first-order valence-electron chi connectivity index (χ1n) is 9.00. The summed E-state index contributed by atoms with van der Waals surface area (Å²) >= 11 is 13.1. The zero-order valence-electron chi connectivity index (χ0n) is 16.3. The molecular formula is C21H17Cl2N3O4S. The molecule has 0 radical (unpaired) electrons. The first-order chi connectivity index (χ1) is 14.8. The molecule has 3 aromatic rings. The number of likely N-dealkylation sites (N-methyl/N-ethyl adjacent to an activating group) is 1. The van der Waals surface area contributed by atoms with Gasteiger partial charge in [-0.05, 0) is 24.3 Å². The largest absolute Gasteiger partial charge is 0.451 e. The lowest BCUT2D eigenvalue weighted by Gasteiger charge is -2.17. The summed E-state index contributed by atoms with van der Waals surface area (Å²) in [6.07, 6.45) is 0. The van der Waals surface area contributed by atoms with Crippen LogP contribution in [-0.4, -0.2) is 47.9 Å². The molecule has 0 bridgehead atoms. The molecule has 2 aromatic carbocycles. The van der Waals surface area contributed by atoms with Gasteiger partial charge in [-0.1, -0.05) is 47.5 Å². The van der Waals surface area contributed by atoms with Crippen LogP contribution in [0, 0.1) is 0 Å². The van der Waals surface area contributed by atoms with Gasteiger partial charge in [0.25, 0.3) is 5.91 Å². The zero-order valence-corrected chi connectivity index (χ0v) is 18.6. The van der Waals surface area contributed by atoms with E-state index in [4.69, 9.17) is 27.9 Å². The first-order valence-corrected chi connectivity index (χ1v) is 10.6. The summed E-state index contributed by atoms with van der Waals surface area (Å²) in [7, 11) is 1.43. The van der Waals surface area contributed by atoms with Gasteiger partial charge < -0.3 is 15.0 Å². The second-order valence-electron chi connectivity index (χ2n) is 6.40. The Morgan fingerprint density at radius 2 is 1.81 bits per heavy atom. The van der Waals surface area contributed by atoms with E-state index in [2.05, 4.69) is 10.3 Å². The van der Waals surface area contributed by atoms with E-state index in [0.717, 1.165) is 10.5 Å². The molecule has 7 nitrogen and oxygen atoms in total. The number of amides is 2. The van der Waals surface area contributed by atoms with Crippen LogP contribution in [0.25, 0.3) is 10.6 Å². The summed E-state index contributed by atoms with van der Waals surface area (Å²) in [4.78, 5) is 41.9. The van der Waals surface area contributed by atoms with Crippen molar-refractivity contribution >= 4 is 58.0 Å². The number of nitrogens with zero attached hydrogens (tertiary/aromatic N) is 2. The van der Waals surface area contributed by atoms with Gasteiger partial charge in [0.1, 0.15) is 5.01 Å². The van der Waals surface area contributed by atoms with E-state index >= 15 is 0 Å². The number of ether oxygens (including phenoxy) is 1. The van der Waals surface area contributed by atoms with Crippen molar-refractivity contribution in [3.63, 3.8) is 0 Å². The van der Waals surface area contributed by atoms with Crippen LogP contribution in [-0.2, 0) is 14.3 Å². The third-order valence-corrected chi connectivity index (χ3v) is 5.56. The molecule has 0 saturated carbocycles. The van der Waals surface area contributed by atoms with Crippen LogP contribution < -0.4 is 5.32 Å². The van der Waals surface area contributed by atoms with Gasteiger partial charge in [0.15, 0.2) is 12.3 Å². The Morgan fingerprint density at radius 3 is 2.52 bits per heavy atom. The van der Waals surface area contributed by atoms with E-state index in [9.17, 15) is 14.4 Å². The van der Waals surface area contributed by atoms with Crippen LogP contribution in [0.5, 0.6) is 0 Å². The van der Waals surface area contributed by atoms with Crippen molar-refractivity contribution in [3.8, 4) is 10.6 Å². The summed E-state index contributed by atoms with van der Waals surface area (Å²) in [5.74, 6) is -1.68. The Hall–Kier alpha value is -2.94. The van der Waals surface area contributed by atoms with Crippen LogP contribution in [0.15, 0.2) is 53.9 Å². The quantitative estimate of drug-likeness (QED) is 0.510. The van der Waals surface area contributed by atoms with Crippen LogP contribution in [0.3, 0.4) is 0 Å². The molecule has 1 N–H and O–H groups in total. The van der Waals surface area contributed by atoms with Crippen LogP contribution in [0.4, 0.5) is 5.69 Å². The van der Waals surface area contributed by atoms with Gasteiger partial charge in [-0.15, -0.1) is 11.3 Å². The lowest BCUT2D eigenvalue weighted by atomic mass is 10.2. The Labute approximate surface area is 192 Å². The van der Waals surface area contributed by atoms with Crippen molar-refractivity contribution in [1.29, 1.82) is 0 Å². The summed E-state index contributed by atoms with van der Waals surface area (Å²) in [5.41, 5.74) is 1.36. The molecule has 1 heterocycles. The average molecular weight is 478 g/mol. The monoisotopic (exact) mass is 477 g/mol. The fourth-order valence-corrected chi connectivity index (χ4v) is 3.56. The Kier molecular flexibility index (Phi) is 7.62. The average Bonchev–Trinajstić information content (AvgIpc) is 3.24. The number of hydrogen-bond donors (Lipinski definition) is 1. The summed E-state index contributed by atoms with van der Waals surface area (Å²) in [5, 5.41) is 5.79. The summed E-state index contributed by atoms with van der Waals surface area (Å²) < 4.78 is 5.04. The van der Waals surface area contributed by atoms with E-state index in [-0.39, 0.29) is 12.2 Å². The highest BCUT2D eigenvalue weighted by atomic mass is 35.5. The molecule has 1 aromatic heterocycles. The molecular weight excluding hydrogens is 461 g/mol. The number of nitrogens with one attached hydrogen (secondary N) is 1. The minimum atomic E-state index is -0.723. The molecule has 3 rings (SSSR count). The second-order valence-corrected chi connectivity index (χ2v) is 8.10. The number of rotatable bonds is 7. The number of anilines is 1. The second kappa shape index (κ2) is 10.4. The Morgan fingerprint density at radius 1 is 1.10 bits per heavy atom. The van der Waals surface area contributed by atoms with Crippen molar-refractivity contribution in [1.82, 2.24) is 9.88 Å². The molecule has 0 unspecified atom stereocenters.